The first-order valence-corrected chi connectivity index (χ1v) is 4.59. The van der Waals surface area contributed by atoms with Gasteiger partial charge in [-0.05, 0) is 6.07 Å². The fourth-order valence-corrected chi connectivity index (χ4v) is 1.53. The summed E-state index contributed by atoms with van der Waals surface area (Å²) in [7, 11) is 0. The summed E-state index contributed by atoms with van der Waals surface area (Å²) < 4.78 is 13.5. The van der Waals surface area contributed by atoms with E-state index in [0.29, 0.717) is 5.39 Å². The number of halogens is 3. The Morgan fingerprint density at radius 3 is 2.80 bits per heavy atom. The van der Waals surface area contributed by atoms with Crippen molar-refractivity contribution < 1.29 is 4.39 Å². The van der Waals surface area contributed by atoms with Crippen molar-refractivity contribution in [1.82, 2.24) is 9.97 Å². The Labute approximate surface area is 94.1 Å². The van der Waals surface area contributed by atoms with Gasteiger partial charge in [0.25, 0.3) is 0 Å². The molecule has 0 aliphatic carbocycles. The molecule has 0 bridgehead atoms. The molecule has 3 nitrogen and oxygen atoms in total. The second-order valence-corrected chi connectivity index (χ2v) is 3.49. The van der Waals surface area contributed by atoms with Gasteiger partial charge in [0.2, 0.25) is 0 Å². The van der Waals surface area contributed by atoms with Crippen LogP contribution in [0.4, 0.5) is 4.39 Å². The monoisotopic (exact) mass is 241 g/mol. The summed E-state index contributed by atoms with van der Waals surface area (Å²) >= 11 is 11.3. The average Bonchev–Trinajstić information content (AvgIpc) is 2.23. The number of hydrogen-bond acceptors (Lipinski definition) is 3. The van der Waals surface area contributed by atoms with Crippen LogP contribution >= 0.6 is 23.2 Å². The molecule has 0 fully saturated rings. The molecule has 0 amide bonds. The quantitative estimate of drug-likeness (QED) is 0.667. The molecule has 2 rings (SSSR count). The minimum Gasteiger partial charge on any atom is -0.241 e. The molecule has 0 spiro atoms. The molecule has 2 heterocycles. The van der Waals surface area contributed by atoms with Crippen molar-refractivity contribution in [3.05, 3.63) is 34.0 Å². The Morgan fingerprint density at radius 1 is 1.40 bits per heavy atom. The molecule has 0 radical (unpaired) electrons. The second kappa shape index (κ2) is 3.61. The van der Waals surface area contributed by atoms with Crippen molar-refractivity contribution in [3.8, 4) is 6.07 Å². The first-order chi connectivity index (χ1) is 7.13. The third kappa shape index (κ3) is 1.60. The van der Waals surface area contributed by atoms with Crippen LogP contribution in [-0.2, 0) is 0 Å². The third-order valence-corrected chi connectivity index (χ3v) is 2.39. The standard InChI is InChI=1S/C9H2Cl2FN3/c10-6-1-4(2-13)15-8-5(6)3-14-9(11)7(8)12/h1,3H. The van der Waals surface area contributed by atoms with Crippen molar-refractivity contribution in [2.75, 3.05) is 0 Å². The number of fused-ring (bicyclic) bond motifs is 1. The second-order valence-electron chi connectivity index (χ2n) is 2.73. The maximum Gasteiger partial charge on any atom is 0.186 e. The largest absolute Gasteiger partial charge is 0.241 e. The summed E-state index contributed by atoms with van der Waals surface area (Å²) in [5.41, 5.74) is -0.00674. The van der Waals surface area contributed by atoms with E-state index < -0.39 is 5.82 Å². The highest BCUT2D eigenvalue weighted by Crippen LogP contribution is 2.26. The molecule has 0 saturated heterocycles. The number of nitriles is 1. The summed E-state index contributed by atoms with van der Waals surface area (Å²) in [6, 6.07) is 3.13. The van der Waals surface area contributed by atoms with Crippen LogP contribution in [0, 0.1) is 17.1 Å². The summed E-state index contributed by atoms with van der Waals surface area (Å²) in [6.07, 6.45) is 1.32. The molecule has 15 heavy (non-hydrogen) atoms. The van der Waals surface area contributed by atoms with Crippen molar-refractivity contribution in [3.63, 3.8) is 0 Å². The van der Waals surface area contributed by atoms with Crippen LogP contribution in [0.1, 0.15) is 5.69 Å². The Hall–Kier alpha value is -1.44. The first kappa shape index (κ1) is 10.1. The van der Waals surface area contributed by atoms with Gasteiger partial charge < -0.3 is 0 Å². The minimum atomic E-state index is -0.770. The highest BCUT2D eigenvalue weighted by molar-refractivity contribution is 6.36. The molecule has 0 atom stereocenters. The van der Waals surface area contributed by atoms with Crippen LogP contribution in [0.2, 0.25) is 10.2 Å². The van der Waals surface area contributed by atoms with E-state index in [0.717, 1.165) is 0 Å². The van der Waals surface area contributed by atoms with E-state index in [1.54, 1.807) is 6.07 Å². The highest BCUT2D eigenvalue weighted by atomic mass is 35.5. The number of nitrogens with zero attached hydrogens (tertiary/aromatic N) is 3. The van der Waals surface area contributed by atoms with E-state index >= 15 is 0 Å². The lowest BCUT2D eigenvalue weighted by molar-refractivity contribution is 0.631. The molecular formula is C9H2Cl2FN3. The Bertz CT molecular complexity index is 592. The van der Waals surface area contributed by atoms with E-state index in [9.17, 15) is 4.39 Å². The number of pyridine rings is 2. The predicted octanol–water partition coefficient (Wildman–Crippen LogP) is 2.95. The van der Waals surface area contributed by atoms with Gasteiger partial charge in [-0.15, -0.1) is 0 Å². The minimum absolute atomic E-state index is 0.0358. The lowest BCUT2D eigenvalue weighted by atomic mass is 10.2. The van der Waals surface area contributed by atoms with E-state index in [4.69, 9.17) is 28.5 Å². The van der Waals surface area contributed by atoms with E-state index in [1.807, 2.05) is 0 Å². The van der Waals surface area contributed by atoms with Crippen LogP contribution < -0.4 is 0 Å². The van der Waals surface area contributed by atoms with Gasteiger partial charge in [0, 0.05) is 11.6 Å². The Balaban J connectivity index is 2.94. The number of rotatable bonds is 0. The summed E-state index contributed by atoms with van der Waals surface area (Å²) in [4.78, 5) is 7.38. The summed E-state index contributed by atoms with van der Waals surface area (Å²) in [5.74, 6) is -0.770. The van der Waals surface area contributed by atoms with E-state index in [2.05, 4.69) is 9.97 Å². The smallest absolute Gasteiger partial charge is 0.186 e. The fraction of sp³-hybridized carbons (Fsp3) is 0. The zero-order chi connectivity index (χ0) is 11.0. The molecule has 0 unspecified atom stereocenters. The molecule has 0 aromatic carbocycles. The van der Waals surface area contributed by atoms with Gasteiger partial charge in [-0.1, -0.05) is 23.2 Å². The molecule has 0 aliphatic heterocycles. The first-order valence-electron chi connectivity index (χ1n) is 3.84. The van der Waals surface area contributed by atoms with Gasteiger partial charge in [-0.25, -0.2) is 14.4 Å². The van der Waals surface area contributed by atoms with Crippen molar-refractivity contribution in [1.29, 1.82) is 5.26 Å². The van der Waals surface area contributed by atoms with Crippen molar-refractivity contribution in [2.24, 2.45) is 0 Å². The third-order valence-electron chi connectivity index (χ3n) is 1.82. The van der Waals surface area contributed by atoms with Crippen LogP contribution in [-0.4, -0.2) is 9.97 Å². The van der Waals surface area contributed by atoms with Crippen LogP contribution in [0.5, 0.6) is 0 Å². The van der Waals surface area contributed by atoms with Crippen molar-refractivity contribution >= 4 is 34.1 Å². The molecule has 0 N–H and O–H groups in total. The maximum absolute atomic E-state index is 13.5. The van der Waals surface area contributed by atoms with Gasteiger partial charge in [0.1, 0.15) is 17.3 Å². The normalized spacial score (nSPS) is 10.3. The summed E-state index contributed by atoms with van der Waals surface area (Å²) in [6.45, 7) is 0. The van der Waals surface area contributed by atoms with E-state index in [-0.39, 0.29) is 21.4 Å². The molecule has 74 valence electrons. The molecule has 6 heteroatoms. The zero-order valence-electron chi connectivity index (χ0n) is 7.13. The lowest BCUT2D eigenvalue weighted by Crippen LogP contribution is -1.92. The van der Waals surface area contributed by atoms with Crippen LogP contribution in [0.25, 0.3) is 10.9 Å². The molecular weight excluding hydrogens is 240 g/mol. The topological polar surface area (TPSA) is 49.6 Å². The SMILES string of the molecule is N#Cc1cc(Cl)c2cnc(Cl)c(F)c2n1. The molecule has 2 aromatic heterocycles. The predicted molar refractivity (Wildman–Crippen MR) is 54.2 cm³/mol. The Morgan fingerprint density at radius 2 is 2.13 bits per heavy atom. The molecule has 0 aliphatic rings. The van der Waals surface area contributed by atoms with Gasteiger partial charge in [-0.2, -0.15) is 5.26 Å². The molecule has 0 saturated carbocycles. The van der Waals surface area contributed by atoms with Crippen LogP contribution in [0.3, 0.4) is 0 Å². The van der Waals surface area contributed by atoms with E-state index in [1.165, 1.54) is 12.3 Å². The van der Waals surface area contributed by atoms with Gasteiger partial charge in [0.15, 0.2) is 11.0 Å². The summed E-state index contributed by atoms with van der Waals surface area (Å²) in [5, 5.41) is 8.90. The van der Waals surface area contributed by atoms with Crippen LogP contribution in [0.15, 0.2) is 12.3 Å². The number of hydrogen-bond donors (Lipinski definition) is 0. The maximum atomic E-state index is 13.5. The van der Waals surface area contributed by atoms with Gasteiger partial charge in [-0.3, -0.25) is 0 Å². The number of aromatic nitrogens is 2. The van der Waals surface area contributed by atoms with Gasteiger partial charge in [0.05, 0.1) is 5.02 Å². The fourth-order valence-electron chi connectivity index (χ4n) is 1.15. The van der Waals surface area contributed by atoms with Crippen molar-refractivity contribution in [2.45, 2.75) is 0 Å². The molecule has 2 aromatic rings. The van der Waals surface area contributed by atoms with Gasteiger partial charge >= 0.3 is 0 Å². The highest BCUT2D eigenvalue weighted by Gasteiger charge is 2.12. The average molecular weight is 242 g/mol. The Kier molecular flexibility index (Phi) is 2.43. The zero-order valence-corrected chi connectivity index (χ0v) is 8.64. The lowest BCUT2D eigenvalue weighted by Gasteiger charge is -2.02.